The summed E-state index contributed by atoms with van der Waals surface area (Å²) in [4.78, 5) is 14.0. The fourth-order valence-electron chi connectivity index (χ4n) is 6.41. The van der Waals surface area contributed by atoms with Gasteiger partial charge in [-0.25, -0.2) is 0 Å². The minimum atomic E-state index is -0.322. The van der Waals surface area contributed by atoms with Crippen LogP contribution in [0.2, 0.25) is 0 Å². The zero-order valence-electron chi connectivity index (χ0n) is 24.1. The monoisotopic (exact) mass is 492 g/mol. The lowest BCUT2D eigenvalue weighted by Gasteiger charge is -2.48. The first-order chi connectivity index (χ1) is 17.3. The molecule has 4 rings (SSSR count). The second kappa shape index (κ2) is 10.1. The standard InChI is InChI=1S/C36H44O/c1-23(2)35(8,21-29-13-10-24(3)11-14-29)22-34(37)36(9)17-16-33(36)28(7)32-20-30(19-27(32)6)31-15-12-25(4)18-26(31)5/h10-15,18,20,33H,1,6,16-17,19,21-22H2,2-5,7-9H3/t33?,35-,36-/m1/s1. The van der Waals surface area contributed by atoms with Crippen LogP contribution in [0.25, 0.3) is 5.57 Å². The van der Waals surface area contributed by atoms with Gasteiger partial charge >= 0.3 is 0 Å². The number of hydrogen-bond acceptors (Lipinski definition) is 1. The normalized spacial score (nSPS) is 24.2. The van der Waals surface area contributed by atoms with Gasteiger partial charge in [0.05, 0.1) is 0 Å². The highest BCUT2D eigenvalue weighted by atomic mass is 16.1. The van der Waals surface area contributed by atoms with Crippen molar-refractivity contribution in [1.82, 2.24) is 0 Å². The summed E-state index contributed by atoms with van der Waals surface area (Å²) in [7, 11) is 0. The van der Waals surface area contributed by atoms with Crippen LogP contribution in [-0.2, 0) is 11.2 Å². The molecule has 1 saturated carbocycles. The molecular formula is C36H44O. The maximum absolute atomic E-state index is 14.0. The lowest BCUT2D eigenvalue weighted by Crippen LogP contribution is -2.47. The summed E-state index contributed by atoms with van der Waals surface area (Å²) in [6.45, 7) is 23.9. The molecule has 0 saturated heterocycles. The Bertz CT molecular complexity index is 1310. The van der Waals surface area contributed by atoms with E-state index in [0.29, 0.717) is 12.2 Å². The first kappa shape index (κ1) is 27.1. The molecule has 2 aromatic rings. The summed E-state index contributed by atoms with van der Waals surface area (Å²) in [5, 5.41) is 0. The summed E-state index contributed by atoms with van der Waals surface area (Å²) in [6, 6.07) is 15.4. The van der Waals surface area contributed by atoms with Crippen molar-refractivity contribution in [3.63, 3.8) is 0 Å². The number of carbonyl (C=O) groups is 1. The molecular weight excluding hydrogens is 448 g/mol. The van der Waals surface area contributed by atoms with E-state index in [4.69, 9.17) is 0 Å². The van der Waals surface area contributed by atoms with Gasteiger partial charge in [0.1, 0.15) is 5.78 Å². The van der Waals surface area contributed by atoms with E-state index in [9.17, 15) is 4.79 Å². The number of ketones is 1. The Balaban J connectivity index is 1.58. The molecule has 0 heterocycles. The SMILES string of the molecule is C=C1CC(c2ccc(C)cc2C)=CC1=C(C)C1CC[C@@]1(C)C(=O)C[C@@](C)(Cc1ccc(C)cc1)C(=C)C. The predicted octanol–water partition coefficient (Wildman–Crippen LogP) is 9.47. The van der Waals surface area contributed by atoms with E-state index in [1.165, 1.54) is 50.1 Å². The van der Waals surface area contributed by atoms with Crippen molar-refractivity contribution < 1.29 is 4.79 Å². The average molecular weight is 493 g/mol. The maximum atomic E-state index is 14.0. The van der Waals surface area contributed by atoms with Crippen molar-refractivity contribution in [2.45, 2.75) is 80.6 Å². The number of hydrogen-bond donors (Lipinski definition) is 0. The third-order valence-electron chi connectivity index (χ3n) is 9.43. The molecule has 194 valence electrons. The van der Waals surface area contributed by atoms with Crippen molar-refractivity contribution in [1.29, 1.82) is 0 Å². The Hall–Kier alpha value is -2.93. The number of Topliss-reactive ketones (excluding diaryl/α,β-unsaturated/α-hetero) is 1. The molecule has 37 heavy (non-hydrogen) atoms. The van der Waals surface area contributed by atoms with Crippen molar-refractivity contribution in [2.75, 3.05) is 0 Å². The molecule has 3 atom stereocenters. The van der Waals surface area contributed by atoms with Gasteiger partial charge in [0.2, 0.25) is 0 Å². The molecule has 2 aliphatic carbocycles. The van der Waals surface area contributed by atoms with Gasteiger partial charge in [-0.1, -0.05) is 97.8 Å². The second-order valence-electron chi connectivity index (χ2n) is 12.5. The molecule has 0 amide bonds. The first-order valence-corrected chi connectivity index (χ1v) is 13.8. The van der Waals surface area contributed by atoms with Crippen LogP contribution in [0.15, 0.2) is 84.0 Å². The Morgan fingerprint density at radius 2 is 1.70 bits per heavy atom. The van der Waals surface area contributed by atoms with E-state index >= 15 is 0 Å². The molecule has 0 spiro atoms. The summed E-state index contributed by atoms with van der Waals surface area (Å²) in [6.07, 6.45) is 6.63. The van der Waals surface area contributed by atoms with Crippen LogP contribution in [0.3, 0.4) is 0 Å². The molecule has 0 aliphatic heterocycles. The van der Waals surface area contributed by atoms with Crippen molar-refractivity contribution in [2.24, 2.45) is 16.7 Å². The van der Waals surface area contributed by atoms with Crippen LogP contribution < -0.4 is 0 Å². The lowest BCUT2D eigenvalue weighted by atomic mass is 9.54. The van der Waals surface area contributed by atoms with E-state index in [-0.39, 0.29) is 16.7 Å². The van der Waals surface area contributed by atoms with Crippen LogP contribution in [0.1, 0.15) is 81.2 Å². The van der Waals surface area contributed by atoms with Gasteiger partial charge in [-0.05, 0) is 105 Å². The molecule has 1 heteroatoms. The third kappa shape index (κ3) is 5.24. The van der Waals surface area contributed by atoms with Crippen LogP contribution >= 0.6 is 0 Å². The Morgan fingerprint density at radius 3 is 2.27 bits per heavy atom. The molecule has 1 unspecified atom stereocenters. The number of aryl methyl sites for hydroxylation is 3. The molecule has 1 nitrogen and oxygen atoms in total. The molecule has 0 radical (unpaired) electrons. The summed E-state index contributed by atoms with van der Waals surface area (Å²) < 4.78 is 0. The molecule has 2 aliphatic rings. The Morgan fingerprint density at radius 1 is 1.05 bits per heavy atom. The fourth-order valence-corrected chi connectivity index (χ4v) is 6.41. The number of allylic oxidation sites excluding steroid dienone is 6. The maximum Gasteiger partial charge on any atom is 0.140 e. The molecule has 0 bridgehead atoms. The highest BCUT2D eigenvalue weighted by Gasteiger charge is 2.50. The zero-order chi connectivity index (χ0) is 27.1. The van der Waals surface area contributed by atoms with E-state index in [2.05, 4.69) is 110 Å². The highest BCUT2D eigenvalue weighted by Crippen LogP contribution is 2.55. The van der Waals surface area contributed by atoms with Gasteiger partial charge in [0, 0.05) is 11.8 Å². The van der Waals surface area contributed by atoms with Crippen LogP contribution in [-0.4, -0.2) is 5.78 Å². The largest absolute Gasteiger partial charge is 0.299 e. The van der Waals surface area contributed by atoms with Crippen molar-refractivity contribution >= 4 is 11.4 Å². The first-order valence-electron chi connectivity index (χ1n) is 13.8. The van der Waals surface area contributed by atoms with E-state index in [1.54, 1.807) is 0 Å². The van der Waals surface area contributed by atoms with E-state index in [1.807, 2.05) is 0 Å². The van der Waals surface area contributed by atoms with Gasteiger partial charge in [-0.2, -0.15) is 0 Å². The second-order valence-corrected chi connectivity index (χ2v) is 12.5. The minimum Gasteiger partial charge on any atom is -0.299 e. The Labute approximate surface area is 225 Å². The molecule has 0 N–H and O–H groups in total. The molecule has 1 fully saturated rings. The highest BCUT2D eigenvalue weighted by molar-refractivity contribution is 5.87. The fraction of sp³-hybridized carbons (Fsp3) is 0.417. The van der Waals surface area contributed by atoms with Gasteiger partial charge in [0.25, 0.3) is 0 Å². The minimum absolute atomic E-state index is 0.246. The van der Waals surface area contributed by atoms with Crippen molar-refractivity contribution in [3.05, 3.63) is 112 Å². The number of carbonyl (C=O) groups excluding carboxylic acids is 1. The number of benzene rings is 2. The Kier molecular flexibility index (Phi) is 7.39. The zero-order valence-corrected chi connectivity index (χ0v) is 24.1. The summed E-state index contributed by atoms with van der Waals surface area (Å²) in [5.41, 5.74) is 12.1. The number of rotatable bonds is 8. The summed E-state index contributed by atoms with van der Waals surface area (Å²) >= 11 is 0. The quantitative estimate of drug-likeness (QED) is 0.335. The molecule has 2 aromatic carbocycles. The van der Waals surface area contributed by atoms with Crippen LogP contribution in [0.4, 0.5) is 0 Å². The van der Waals surface area contributed by atoms with Gasteiger partial charge in [-0.15, -0.1) is 0 Å². The lowest BCUT2D eigenvalue weighted by molar-refractivity contribution is -0.138. The topological polar surface area (TPSA) is 17.1 Å². The predicted molar refractivity (Wildman–Crippen MR) is 159 cm³/mol. The van der Waals surface area contributed by atoms with E-state index in [0.717, 1.165) is 31.3 Å². The van der Waals surface area contributed by atoms with E-state index < -0.39 is 0 Å². The molecule has 0 aromatic heterocycles. The van der Waals surface area contributed by atoms with Gasteiger partial charge in [0.15, 0.2) is 0 Å². The van der Waals surface area contributed by atoms with Crippen LogP contribution in [0.5, 0.6) is 0 Å². The summed E-state index contributed by atoms with van der Waals surface area (Å²) in [5.74, 6) is 0.652. The smallest absolute Gasteiger partial charge is 0.140 e. The van der Waals surface area contributed by atoms with Gasteiger partial charge < -0.3 is 0 Å². The average Bonchev–Trinajstić information content (AvgIpc) is 3.20. The van der Waals surface area contributed by atoms with Crippen molar-refractivity contribution in [3.8, 4) is 0 Å². The van der Waals surface area contributed by atoms with Crippen LogP contribution in [0, 0.1) is 37.5 Å². The third-order valence-corrected chi connectivity index (χ3v) is 9.43. The van der Waals surface area contributed by atoms with Gasteiger partial charge in [-0.3, -0.25) is 4.79 Å².